The van der Waals surface area contributed by atoms with Gasteiger partial charge in [-0.2, -0.15) is 0 Å². The monoisotopic (exact) mass is 324 g/mol. The maximum absolute atomic E-state index is 11.3. The van der Waals surface area contributed by atoms with Crippen molar-refractivity contribution in [3.8, 4) is 0 Å². The summed E-state index contributed by atoms with van der Waals surface area (Å²) < 4.78 is 13.4. The third-order valence-corrected chi connectivity index (χ3v) is 2.07. The molecule has 8 heteroatoms. The minimum atomic E-state index is -1.37. The van der Waals surface area contributed by atoms with E-state index in [-0.39, 0.29) is 6.61 Å². The molecule has 0 rings (SSSR count). The van der Waals surface area contributed by atoms with Crippen LogP contribution in [0.3, 0.4) is 0 Å². The van der Waals surface area contributed by atoms with E-state index in [4.69, 9.17) is 9.47 Å². The molecule has 0 aromatic carbocycles. The number of rotatable bonds is 6. The van der Waals surface area contributed by atoms with Crippen LogP contribution < -0.4 is 0 Å². The smallest absolute Gasteiger partial charge is 0.303 e. The van der Waals surface area contributed by atoms with E-state index in [1.807, 2.05) is 0 Å². The van der Waals surface area contributed by atoms with Gasteiger partial charge in [-0.05, 0) is 15.9 Å². The Labute approximate surface area is 112 Å². The minimum absolute atomic E-state index is 0.385. The zero-order valence-corrected chi connectivity index (χ0v) is 11.7. The van der Waals surface area contributed by atoms with Crippen molar-refractivity contribution in [3.05, 3.63) is 0 Å². The number of carbonyl (C=O) groups excluding carboxylic acids is 4. The van der Waals surface area contributed by atoms with Crippen LogP contribution in [-0.4, -0.2) is 41.4 Å². The summed E-state index contributed by atoms with van der Waals surface area (Å²) in [5.41, 5.74) is 0. The van der Waals surface area contributed by atoms with E-state index < -0.39 is 34.8 Å². The van der Waals surface area contributed by atoms with E-state index in [9.17, 15) is 19.2 Å². The second-order valence-corrected chi connectivity index (χ2v) is 4.07. The molecule has 7 nitrogen and oxygen atoms in total. The first-order chi connectivity index (χ1) is 8.23. The molecule has 0 aliphatic rings. The number of hydrogen-bond donors (Lipinski definition) is 0. The summed E-state index contributed by atoms with van der Waals surface area (Å²) in [6.07, 6.45) is -2.56. The zero-order valence-electron chi connectivity index (χ0n) is 10.1. The van der Waals surface area contributed by atoms with E-state index in [0.29, 0.717) is 0 Å². The number of carbonyl (C=O) groups is 4. The summed E-state index contributed by atoms with van der Waals surface area (Å²) in [6, 6.07) is 0. The summed E-state index contributed by atoms with van der Waals surface area (Å²) in [5.74, 6) is -2.04. The SMILES string of the molecule is CC(=O)OCC(OC(C)=O)C(OC(C)=O)C(=O)Br. The highest BCUT2D eigenvalue weighted by molar-refractivity contribution is 9.18. The van der Waals surface area contributed by atoms with Gasteiger partial charge in [0.25, 0.3) is 0 Å². The molecule has 0 aliphatic carbocycles. The van der Waals surface area contributed by atoms with E-state index in [1.54, 1.807) is 0 Å². The molecular formula is C10H13BrO7. The van der Waals surface area contributed by atoms with E-state index in [1.165, 1.54) is 0 Å². The van der Waals surface area contributed by atoms with Crippen LogP contribution >= 0.6 is 15.9 Å². The zero-order chi connectivity index (χ0) is 14.3. The second kappa shape index (κ2) is 7.80. The second-order valence-electron chi connectivity index (χ2n) is 3.28. The molecule has 2 unspecified atom stereocenters. The van der Waals surface area contributed by atoms with Crippen molar-refractivity contribution in [2.75, 3.05) is 6.61 Å². The molecule has 0 radical (unpaired) electrons. The lowest BCUT2D eigenvalue weighted by molar-refractivity contribution is -0.174. The third kappa shape index (κ3) is 7.00. The van der Waals surface area contributed by atoms with Gasteiger partial charge >= 0.3 is 17.9 Å². The summed E-state index contributed by atoms with van der Waals surface area (Å²) in [5, 5.41) is 0. The van der Waals surface area contributed by atoms with Gasteiger partial charge < -0.3 is 14.2 Å². The standard InChI is InChI=1S/C10H13BrO7/c1-5(12)16-4-8(17-6(2)13)9(10(11)15)18-7(3)14/h8-9H,4H2,1-3H3. The predicted molar refractivity (Wildman–Crippen MR) is 61.7 cm³/mol. The van der Waals surface area contributed by atoms with Crippen LogP contribution in [0.25, 0.3) is 0 Å². The summed E-state index contributed by atoms with van der Waals surface area (Å²) in [6.45, 7) is 2.98. The molecule has 102 valence electrons. The average molecular weight is 325 g/mol. The Morgan fingerprint density at radius 1 is 0.944 bits per heavy atom. The van der Waals surface area contributed by atoms with E-state index in [0.717, 1.165) is 20.8 Å². The molecular weight excluding hydrogens is 312 g/mol. The lowest BCUT2D eigenvalue weighted by atomic mass is 10.2. The lowest BCUT2D eigenvalue weighted by Gasteiger charge is -2.23. The highest BCUT2D eigenvalue weighted by Crippen LogP contribution is 2.11. The Kier molecular flexibility index (Phi) is 7.18. The summed E-state index contributed by atoms with van der Waals surface area (Å²) in [7, 11) is 0. The van der Waals surface area contributed by atoms with Gasteiger partial charge in [-0.1, -0.05) is 0 Å². The van der Waals surface area contributed by atoms with Crippen molar-refractivity contribution >= 4 is 38.5 Å². The van der Waals surface area contributed by atoms with Crippen molar-refractivity contribution in [2.24, 2.45) is 0 Å². The van der Waals surface area contributed by atoms with Crippen molar-refractivity contribution < 1.29 is 33.4 Å². The molecule has 0 saturated heterocycles. The van der Waals surface area contributed by atoms with Crippen LogP contribution in [-0.2, 0) is 33.4 Å². The first kappa shape index (κ1) is 16.6. The number of halogens is 1. The van der Waals surface area contributed by atoms with Crippen LogP contribution in [0.2, 0.25) is 0 Å². The quantitative estimate of drug-likeness (QED) is 0.394. The molecule has 0 saturated carbocycles. The van der Waals surface area contributed by atoms with Crippen LogP contribution in [0.1, 0.15) is 20.8 Å². The van der Waals surface area contributed by atoms with Crippen molar-refractivity contribution in [3.63, 3.8) is 0 Å². The van der Waals surface area contributed by atoms with E-state index >= 15 is 0 Å². The van der Waals surface area contributed by atoms with Crippen LogP contribution in [0.15, 0.2) is 0 Å². The molecule has 0 heterocycles. The Hall–Kier alpha value is -1.44. The average Bonchev–Trinajstić information content (AvgIpc) is 2.19. The van der Waals surface area contributed by atoms with Gasteiger partial charge in [0.2, 0.25) is 10.8 Å². The fourth-order valence-corrected chi connectivity index (χ4v) is 1.43. The number of hydrogen-bond acceptors (Lipinski definition) is 7. The highest BCUT2D eigenvalue weighted by atomic mass is 79.9. The Morgan fingerprint density at radius 3 is 1.78 bits per heavy atom. The summed E-state index contributed by atoms with van der Waals surface area (Å²) in [4.78, 5) is 43.7. The van der Waals surface area contributed by atoms with Gasteiger partial charge in [-0.15, -0.1) is 0 Å². The molecule has 0 aromatic rings. The molecule has 2 atom stereocenters. The number of esters is 3. The minimum Gasteiger partial charge on any atom is -0.462 e. The molecule has 18 heavy (non-hydrogen) atoms. The largest absolute Gasteiger partial charge is 0.462 e. The van der Waals surface area contributed by atoms with E-state index in [2.05, 4.69) is 20.7 Å². The third-order valence-electron chi connectivity index (χ3n) is 1.62. The summed E-state index contributed by atoms with van der Waals surface area (Å²) >= 11 is 2.62. The Balaban J connectivity index is 4.84. The fraction of sp³-hybridized carbons (Fsp3) is 0.600. The lowest BCUT2D eigenvalue weighted by Crippen LogP contribution is -2.41. The van der Waals surface area contributed by atoms with Gasteiger partial charge in [0, 0.05) is 20.8 Å². The Bertz CT molecular complexity index is 352. The maximum atomic E-state index is 11.3. The number of ether oxygens (including phenoxy) is 3. The van der Waals surface area contributed by atoms with Crippen LogP contribution in [0.4, 0.5) is 0 Å². The van der Waals surface area contributed by atoms with Gasteiger partial charge in [0.05, 0.1) is 0 Å². The van der Waals surface area contributed by atoms with Crippen molar-refractivity contribution in [2.45, 2.75) is 33.0 Å². The van der Waals surface area contributed by atoms with Gasteiger partial charge in [0.1, 0.15) is 6.61 Å². The first-order valence-electron chi connectivity index (χ1n) is 4.91. The molecule has 0 aromatic heterocycles. The normalized spacial score (nSPS) is 13.1. The van der Waals surface area contributed by atoms with Gasteiger partial charge in [-0.25, -0.2) is 0 Å². The predicted octanol–water partition coefficient (Wildman–Crippen LogP) is 0.334. The molecule has 0 aliphatic heterocycles. The van der Waals surface area contributed by atoms with Crippen LogP contribution in [0, 0.1) is 0 Å². The molecule has 0 fully saturated rings. The fourth-order valence-electron chi connectivity index (χ4n) is 1.04. The van der Waals surface area contributed by atoms with Gasteiger partial charge in [-0.3, -0.25) is 19.2 Å². The molecule has 0 amide bonds. The van der Waals surface area contributed by atoms with Crippen LogP contribution in [0.5, 0.6) is 0 Å². The Morgan fingerprint density at radius 2 is 1.44 bits per heavy atom. The molecule has 0 N–H and O–H groups in total. The highest BCUT2D eigenvalue weighted by Gasteiger charge is 2.33. The van der Waals surface area contributed by atoms with Crippen molar-refractivity contribution in [1.29, 1.82) is 0 Å². The molecule has 0 spiro atoms. The first-order valence-corrected chi connectivity index (χ1v) is 5.70. The van der Waals surface area contributed by atoms with Crippen molar-refractivity contribution in [1.82, 2.24) is 0 Å². The van der Waals surface area contributed by atoms with Gasteiger partial charge in [0.15, 0.2) is 6.10 Å². The topological polar surface area (TPSA) is 96.0 Å². The maximum Gasteiger partial charge on any atom is 0.303 e. The molecule has 0 bridgehead atoms.